The van der Waals surface area contributed by atoms with E-state index in [0.717, 1.165) is 0 Å². The van der Waals surface area contributed by atoms with Crippen LogP contribution in [0.5, 0.6) is 5.88 Å². The van der Waals surface area contributed by atoms with E-state index in [1.165, 1.54) is 7.11 Å². The monoisotopic (exact) mass is 262 g/mol. The van der Waals surface area contributed by atoms with E-state index in [1.54, 1.807) is 18.3 Å². The van der Waals surface area contributed by atoms with Crippen LogP contribution in [0.3, 0.4) is 0 Å². The summed E-state index contributed by atoms with van der Waals surface area (Å²) in [5, 5.41) is 14.4. The average molecular weight is 262 g/mol. The highest BCUT2D eigenvalue weighted by atomic mass is 16.6. The largest absolute Gasteiger partial charge is 0.481 e. The summed E-state index contributed by atoms with van der Waals surface area (Å²) < 4.78 is 10.0. The Kier molecular flexibility index (Phi) is 2.62. The molecule has 8 heteroatoms. The summed E-state index contributed by atoms with van der Waals surface area (Å²) in [5.74, 6) is 0.914. The molecule has 0 aliphatic heterocycles. The molecule has 0 unspecified atom stereocenters. The van der Waals surface area contributed by atoms with E-state index in [1.807, 2.05) is 0 Å². The summed E-state index contributed by atoms with van der Waals surface area (Å²) in [6.07, 6.45) is 2.01. The van der Waals surface area contributed by atoms with E-state index in [2.05, 4.69) is 15.1 Å². The van der Waals surface area contributed by atoms with Gasteiger partial charge in [0, 0.05) is 29.2 Å². The van der Waals surface area contributed by atoms with Crippen LogP contribution in [-0.4, -0.2) is 33.2 Å². The molecular weight excluding hydrogens is 252 g/mol. The van der Waals surface area contributed by atoms with Crippen LogP contribution in [-0.2, 0) is 0 Å². The fraction of sp³-hybridized carbons (Fsp3) is 0.364. The zero-order chi connectivity index (χ0) is 13.4. The van der Waals surface area contributed by atoms with Crippen LogP contribution in [0.25, 0.3) is 11.4 Å². The third-order valence-corrected chi connectivity index (χ3v) is 2.99. The van der Waals surface area contributed by atoms with Crippen LogP contribution in [0.15, 0.2) is 22.9 Å². The molecule has 1 saturated carbocycles. The second-order valence-corrected chi connectivity index (χ2v) is 4.24. The van der Waals surface area contributed by atoms with Gasteiger partial charge in [0.25, 0.3) is 0 Å². The van der Waals surface area contributed by atoms with Crippen molar-refractivity contribution in [3.8, 4) is 17.3 Å². The molecule has 98 valence electrons. The Morgan fingerprint density at radius 2 is 2.37 bits per heavy atom. The minimum atomic E-state index is -0.595. The summed E-state index contributed by atoms with van der Waals surface area (Å²) in [6, 6.07) is 2.84. The first-order chi connectivity index (χ1) is 9.19. The first kappa shape index (κ1) is 11.6. The summed E-state index contributed by atoms with van der Waals surface area (Å²) >= 11 is 0. The van der Waals surface area contributed by atoms with Crippen LogP contribution in [0, 0.1) is 10.1 Å². The molecule has 3 rings (SSSR count). The van der Waals surface area contributed by atoms with Gasteiger partial charge in [-0.25, -0.2) is 4.98 Å². The highest BCUT2D eigenvalue weighted by Crippen LogP contribution is 2.42. The van der Waals surface area contributed by atoms with E-state index in [0.29, 0.717) is 29.6 Å². The summed E-state index contributed by atoms with van der Waals surface area (Å²) in [4.78, 5) is 18.5. The fourth-order valence-corrected chi connectivity index (χ4v) is 1.82. The minimum absolute atomic E-state index is 0.262. The van der Waals surface area contributed by atoms with E-state index in [-0.39, 0.29) is 10.8 Å². The molecule has 1 aliphatic carbocycles. The molecule has 1 fully saturated rings. The first-order valence-corrected chi connectivity index (χ1v) is 5.66. The Labute approximate surface area is 107 Å². The lowest BCUT2D eigenvalue weighted by Crippen LogP contribution is -2.02. The van der Waals surface area contributed by atoms with Crippen molar-refractivity contribution in [1.29, 1.82) is 0 Å². The molecule has 1 aliphatic rings. The van der Waals surface area contributed by atoms with Gasteiger partial charge in [-0.2, -0.15) is 4.98 Å². The molecule has 0 spiro atoms. The SMILES string of the molecule is COc1ccc(-c2noc([C@@H]3C[C@@H]3[N+](=O)[O-])n2)cn1. The summed E-state index contributed by atoms with van der Waals surface area (Å²) in [6.45, 7) is 0. The summed E-state index contributed by atoms with van der Waals surface area (Å²) in [7, 11) is 1.53. The number of methoxy groups -OCH3 is 1. The molecule has 0 saturated heterocycles. The van der Waals surface area contributed by atoms with Gasteiger partial charge in [0.15, 0.2) is 0 Å². The summed E-state index contributed by atoms with van der Waals surface area (Å²) in [5.41, 5.74) is 0.675. The van der Waals surface area contributed by atoms with Crippen LogP contribution < -0.4 is 4.74 Å². The standard InChI is InChI=1S/C11H10N4O4/c1-18-9-3-2-6(5-12-9)10-13-11(19-14-10)7-4-8(7)15(16)17/h2-3,5,7-8H,4H2,1H3/t7-,8+/m1/s1. The number of nitro groups is 1. The molecule has 19 heavy (non-hydrogen) atoms. The third kappa shape index (κ3) is 2.12. The van der Waals surface area contributed by atoms with Crippen LogP contribution in [0.4, 0.5) is 0 Å². The number of ether oxygens (including phenoxy) is 1. The highest BCUT2D eigenvalue weighted by Gasteiger charge is 2.53. The molecule has 0 radical (unpaired) electrons. The number of hydrogen-bond acceptors (Lipinski definition) is 7. The normalized spacial score (nSPS) is 21.1. The predicted molar refractivity (Wildman–Crippen MR) is 62.2 cm³/mol. The Bertz CT molecular complexity index is 609. The quantitative estimate of drug-likeness (QED) is 0.603. The van der Waals surface area contributed by atoms with Gasteiger partial charge in [-0.3, -0.25) is 10.1 Å². The molecule has 0 N–H and O–H groups in total. The zero-order valence-corrected chi connectivity index (χ0v) is 10.0. The predicted octanol–water partition coefficient (Wildman–Crippen LogP) is 1.27. The fourth-order valence-electron chi connectivity index (χ4n) is 1.82. The molecular formula is C11H10N4O4. The second kappa shape index (κ2) is 4.30. The van der Waals surface area contributed by atoms with Crippen molar-refractivity contribution in [2.24, 2.45) is 0 Å². The highest BCUT2D eigenvalue weighted by molar-refractivity contribution is 5.53. The van der Waals surface area contributed by atoms with Gasteiger partial charge < -0.3 is 9.26 Å². The van der Waals surface area contributed by atoms with Gasteiger partial charge in [-0.15, -0.1) is 0 Å². The van der Waals surface area contributed by atoms with Crippen molar-refractivity contribution in [3.05, 3.63) is 34.3 Å². The molecule has 2 aromatic heterocycles. The minimum Gasteiger partial charge on any atom is -0.481 e. The zero-order valence-electron chi connectivity index (χ0n) is 10.0. The van der Waals surface area contributed by atoms with Gasteiger partial charge in [-0.05, 0) is 6.07 Å². The Hall–Kier alpha value is -2.51. The van der Waals surface area contributed by atoms with Crippen molar-refractivity contribution in [2.45, 2.75) is 18.4 Å². The van der Waals surface area contributed by atoms with E-state index in [9.17, 15) is 10.1 Å². The van der Waals surface area contributed by atoms with Crippen molar-refractivity contribution < 1.29 is 14.2 Å². The molecule has 0 bridgehead atoms. The number of rotatable bonds is 4. The molecule has 2 atom stereocenters. The van der Waals surface area contributed by atoms with Crippen LogP contribution in [0.2, 0.25) is 0 Å². The second-order valence-electron chi connectivity index (χ2n) is 4.24. The molecule has 2 heterocycles. The Morgan fingerprint density at radius 3 is 2.95 bits per heavy atom. The van der Waals surface area contributed by atoms with Crippen LogP contribution in [0.1, 0.15) is 18.2 Å². The van der Waals surface area contributed by atoms with Crippen LogP contribution >= 0.6 is 0 Å². The molecule has 0 amide bonds. The lowest BCUT2D eigenvalue weighted by Gasteiger charge is -1.97. The van der Waals surface area contributed by atoms with Crippen molar-refractivity contribution in [3.63, 3.8) is 0 Å². The Balaban J connectivity index is 1.79. The Morgan fingerprint density at radius 1 is 1.53 bits per heavy atom. The average Bonchev–Trinajstić information content (AvgIpc) is 3.09. The lowest BCUT2D eigenvalue weighted by molar-refractivity contribution is -0.496. The maximum Gasteiger partial charge on any atom is 0.237 e. The molecule has 8 nitrogen and oxygen atoms in total. The molecule has 2 aromatic rings. The van der Waals surface area contributed by atoms with Gasteiger partial charge >= 0.3 is 0 Å². The maximum atomic E-state index is 10.6. The topological polar surface area (TPSA) is 104 Å². The molecule has 0 aromatic carbocycles. The van der Waals surface area contributed by atoms with E-state index >= 15 is 0 Å². The smallest absolute Gasteiger partial charge is 0.237 e. The van der Waals surface area contributed by atoms with Gasteiger partial charge in [0.05, 0.1) is 7.11 Å². The number of nitrogens with zero attached hydrogens (tertiary/aromatic N) is 4. The lowest BCUT2D eigenvalue weighted by atomic mass is 10.3. The van der Waals surface area contributed by atoms with Gasteiger partial charge in [0.1, 0.15) is 5.92 Å². The van der Waals surface area contributed by atoms with Crippen molar-refractivity contribution in [2.75, 3.05) is 7.11 Å². The van der Waals surface area contributed by atoms with E-state index in [4.69, 9.17) is 9.26 Å². The number of pyridine rings is 1. The van der Waals surface area contributed by atoms with Crippen molar-refractivity contribution >= 4 is 0 Å². The van der Waals surface area contributed by atoms with Gasteiger partial charge in [-0.1, -0.05) is 5.16 Å². The van der Waals surface area contributed by atoms with E-state index < -0.39 is 6.04 Å². The maximum absolute atomic E-state index is 10.6. The number of hydrogen-bond donors (Lipinski definition) is 0. The first-order valence-electron chi connectivity index (χ1n) is 5.66. The third-order valence-electron chi connectivity index (χ3n) is 2.99. The van der Waals surface area contributed by atoms with Crippen molar-refractivity contribution in [1.82, 2.24) is 15.1 Å². The number of aromatic nitrogens is 3. The van der Waals surface area contributed by atoms with Gasteiger partial charge in [0.2, 0.25) is 23.6 Å².